The molecule has 1 atom stereocenters. The first-order chi connectivity index (χ1) is 10.0. The second-order valence-electron chi connectivity index (χ2n) is 5.12. The summed E-state index contributed by atoms with van der Waals surface area (Å²) in [5.74, 6) is -0.240. The van der Waals surface area contributed by atoms with E-state index in [1.165, 1.54) is 10.6 Å². The molecule has 21 heavy (non-hydrogen) atoms. The van der Waals surface area contributed by atoms with Crippen molar-refractivity contribution in [3.8, 4) is 0 Å². The number of aromatic nitrogens is 2. The summed E-state index contributed by atoms with van der Waals surface area (Å²) in [5, 5.41) is 0. The fourth-order valence-electron chi connectivity index (χ4n) is 1.83. The fraction of sp³-hybridized carbons (Fsp3) is 0.400. The van der Waals surface area contributed by atoms with Crippen molar-refractivity contribution in [2.45, 2.75) is 27.2 Å². The second-order valence-corrected chi connectivity index (χ2v) is 5.12. The molecule has 0 aliphatic carbocycles. The Morgan fingerprint density at radius 2 is 2.29 bits per heavy atom. The van der Waals surface area contributed by atoms with Gasteiger partial charge in [-0.1, -0.05) is 26.3 Å². The number of fused-ring (bicyclic) bond motifs is 1. The Balaban J connectivity index is 2.21. The molecule has 0 aromatic carbocycles. The number of amides is 1. The van der Waals surface area contributed by atoms with Gasteiger partial charge in [-0.3, -0.25) is 18.8 Å². The van der Waals surface area contributed by atoms with Crippen molar-refractivity contribution >= 4 is 11.6 Å². The van der Waals surface area contributed by atoms with E-state index in [2.05, 4.69) is 10.5 Å². The summed E-state index contributed by atoms with van der Waals surface area (Å²) in [4.78, 5) is 33.5. The number of hydroxylamine groups is 1. The molecular weight excluding hydrogens is 270 g/mol. The molecule has 2 heterocycles. The molecule has 1 amide bonds. The van der Waals surface area contributed by atoms with Crippen LogP contribution in [0.3, 0.4) is 0 Å². The first-order valence-electron chi connectivity index (χ1n) is 6.93. The highest BCUT2D eigenvalue weighted by atomic mass is 16.6. The normalized spacial score (nSPS) is 12.3. The van der Waals surface area contributed by atoms with Crippen LogP contribution in [0.4, 0.5) is 0 Å². The van der Waals surface area contributed by atoms with Gasteiger partial charge in [-0.15, -0.1) is 0 Å². The van der Waals surface area contributed by atoms with E-state index in [0.717, 1.165) is 12.0 Å². The first-order valence-corrected chi connectivity index (χ1v) is 6.93. The lowest BCUT2D eigenvalue weighted by Crippen LogP contribution is -2.32. The minimum absolute atomic E-state index is 0.0396. The highest BCUT2D eigenvalue weighted by Crippen LogP contribution is 2.05. The number of nitrogens with one attached hydrogen (secondary N) is 1. The molecule has 112 valence electrons. The summed E-state index contributed by atoms with van der Waals surface area (Å²) < 4.78 is 1.36. The van der Waals surface area contributed by atoms with Crippen molar-refractivity contribution in [1.29, 1.82) is 0 Å². The lowest BCUT2D eigenvalue weighted by molar-refractivity contribution is 0.0180. The maximum atomic E-state index is 12.3. The molecule has 2 aromatic rings. The fourth-order valence-corrected chi connectivity index (χ4v) is 1.83. The highest BCUT2D eigenvalue weighted by molar-refractivity contribution is 5.93. The van der Waals surface area contributed by atoms with Gasteiger partial charge in [0.1, 0.15) is 11.2 Å². The standard InChI is InChI=1S/C15H19N3O3/c1-4-10(2)9-21-17-14(19)12-8-16-13-11(3)6-5-7-18(13)15(12)20/h5-8,10H,4,9H2,1-3H3,(H,17,19). The summed E-state index contributed by atoms with van der Waals surface area (Å²) in [6, 6.07) is 3.60. The van der Waals surface area contributed by atoms with Crippen molar-refractivity contribution in [3.05, 3.63) is 46.0 Å². The predicted octanol–water partition coefficient (Wildman–Crippen LogP) is 1.71. The van der Waals surface area contributed by atoms with Crippen molar-refractivity contribution in [2.24, 2.45) is 5.92 Å². The molecule has 6 heteroatoms. The van der Waals surface area contributed by atoms with Crippen LogP contribution in [-0.2, 0) is 4.84 Å². The number of carbonyl (C=O) groups excluding carboxylic acids is 1. The van der Waals surface area contributed by atoms with Crippen LogP contribution < -0.4 is 11.0 Å². The molecule has 2 aromatic heterocycles. The minimum atomic E-state index is -0.577. The monoisotopic (exact) mass is 289 g/mol. The SMILES string of the molecule is CCC(C)CONC(=O)c1cnc2c(C)cccn2c1=O. The number of rotatable bonds is 5. The van der Waals surface area contributed by atoms with Gasteiger partial charge in [0, 0.05) is 12.4 Å². The van der Waals surface area contributed by atoms with E-state index >= 15 is 0 Å². The number of hydrogen-bond donors (Lipinski definition) is 1. The number of nitrogens with zero attached hydrogens (tertiary/aromatic N) is 2. The first kappa shape index (κ1) is 15.2. The van der Waals surface area contributed by atoms with Crippen LogP contribution in [0.2, 0.25) is 0 Å². The largest absolute Gasteiger partial charge is 0.282 e. The Morgan fingerprint density at radius 3 is 3.00 bits per heavy atom. The Bertz CT molecular complexity index is 709. The Kier molecular flexibility index (Phi) is 4.70. The maximum Gasteiger partial charge on any atom is 0.282 e. The summed E-state index contributed by atoms with van der Waals surface area (Å²) in [7, 11) is 0. The maximum absolute atomic E-state index is 12.3. The molecular formula is C15H19N3O3. The van der Waals surface area contributed by atoms with Crippen LogP contribution >= 0.6 is 0 Å². The molecule has 1 N–H and O–H groups in total. The molecule has 0 radical (unpaired) electrons. The molecule has 0 fully saturated rings. The molecule has 0 aliphatic rings. The van der Waals surface area contributed by atoms with Gasteiger partial charge in [0.2, 0.25) is 0 Å². The Labute approximate surface area is 122 Å². The predicted molar refractivity (Wildman–Crippen MR) is 79.1 cm³/mol. The van der Waals surface area contributed by atoms with E-state index in [9.17, 15) is 9.59 Å². The molecule has 0 bridgehead atoms. The summed E-state index contributed by atoms with van der Waals surface area (Å²) in [6.07, 6.45) is 3.83. The summed E-state index contributed by atoms with van der Waals surface area (Å²) in [5.41, 5.74) is 3.25. The average molecular weight is 289 g/mol. The van der Waals surface area contributed by atoms with Gasteiger partial charge in [0.05, 0.1) is 6.61 Å². The third kappa shape index (κ3) is 3.28. The summed E-state index contributed by atoms with van der Waals surface area (Å²) in [6.45, 7) is 6.32. The van der Waals surface area contributed by atoms with Crippen molar-refractivity contribution in [3.63, 3.8) is 0 Å². The number of carbonyl (C=O) groups is 1. The van der Waals surface area contributed by atoms with E-state index < -0.39 is 11.5 Å². The van der Waals surface area contributed by atoms with E-state index in [-0.39, 0.29) is 5.56 Å². The van der Waals surface area contributed by atoms with Gasteiger partial charge in [-0.25, -0.2) is 10.5 Å². The quantitative estimate of drug-likeness (QED) is 0.850. The third-order valence-electron chi connectivity index (χ3n) is 3.40. The van der Waals surface area contributed by atoms with Gasteiger partial charge in [0.15, 0.2) is 0 Å². The van der Waals surface area contributed by atoms with Gasteiger partial charge in [-0.2, -0.15) is 0 Å². The van der Waals surface area contributed by atoms with Crippen LogP contribution in [0.15, 0.2) is 29.3 Å². The number of pyridine rings is 1. The minimum Gasteiger partial charge on any atom is -0.273 e. The third-order valence-corrected chi connectivity index (χ3v) is 3.40. The van der Waals surface area contributed by atoms with Crippen LogP contribution in [0.5, 0.6) is 0 Å². The van der Waals surface area contributed by atoms with Gasteiger partial charge < -0.3 is 0 Å². The van der Waals surface area contributed by atoms with E-state index in [4.69, 9.17) is 4.84 Å². The topological polar surface area (TPSA) is 72.7 Å². The van der Waals surface area contributed by atoms with Crippen molar-refractivity contribution in [2.75, 3.05) is 6.61 Å². The van der Waals surface area contributed by atoms with Gasteiger partial charge in [0.25, 0.3) is 11.5 Å². The lowest BCUT2D eigenvalue weighted by Gasteiger charge is -2.10. The van der Waals surface area contributed by atoms with Crippen LogP contribution in [0.1, 0.15) is 36.2 Å². The molecule has 0 saturated heterocycles. The zero-order valence-corrected chi connectivity index (χ0v) is 12.4. The van der Waals surface area contributed by atoms with Crippen LogP contribution in [-0.4, -0.2) is 21.9 Å². The van der Waals surface area contributed by atoms with E-state index in [1.807, 2.05) is 26.8 Å². The van der Waals surface area contributed by atoms with Gasteiger partial charge >= 0.3 is 0 Å². The molecule has 0 aliphatic heterocycles. The van der Waals surface area contributed by atoms with Crippen molar-refractivity contribution < 1.29 is 9.63 Å². The molecule has 2 rings (SSSR count). The molecule has 1 unspecified atom stereocenters. The summed E-state index contributed by atoms with van der Waals surface area (Å²) >= 11 is 0. The molecule has 6 nitrogen and oxygen atoms in total. The molecule has 0 saturated carbocycles. The lowest BCUT2D eigenvalue weighted by atomic mass is 10.1. The Hall–Kier alpha value is -2.21. The second kappa shape index (κ2) is 6.49. The number of hydrogen-bond acceptors (Lipinski definition) is 4. The zero-order chi connectivity index (χ0) is 15.4. The van der Waals surface area contributed by atoms with E-state index in [0.29, 0.717) is 18.2 Å². The number of aryl methyl sites for hydroxylation is 1. The van der Waals surface area contributed by atoms with E-state index in [1.54, 1.807) is 12.3 Å². The Morgan fingerprint density at radius 1 is 1.52 bits per heavy atom. The smallest absolute Gasteiger partial charge is 0.273 e. The van der Waals surface area contributed by atoms with Crippen LogP contribution in [0.25, 0.3) is 5.65 Å². The van der Waals surface area contributed by atoms with Crippen molar-refractivity contribution in [1.82, 2.24) is 14.9 Å². The van der Waals surface area contributed by atoms with Gasteiger partial charge in [-0.05, 0) is 24.5 Å². The average Bonchev–Trinajstić information content (AvgIpc) is 2.48. The zero-order valence-electron chi connectivity index (χ0n) is 12.4. The molecule has 0 spiro atoms. The highest BCUT2D eigenvalue weighted by Gasteiger charge is 2.14. The van der Waals surface area contributed by atoms with Crippen LogP contribution in [0, 0.1) is 12.8 Å².